The molecular weight excluding hydrogens is 320 g/mol. The Kier molecular flexibility index (Phi) is 4.68. The Morgan fingerprint density at radius 1 is 1.40 bits per heavy atom. The van der Waals surface area contributed by atoms with Crippen LogP contribution in [-0.2, 0) is 0 Å². The fourth-order valence-corrected chi connectivity index (χ4v) is 2.08. The lowest BCUT2D eigenvalue weighted by molar-refractivity contribution is 0.102. The highest BCUT2D eigenvalue weighted by molar-refractivity contribution is 9.10. The van der Waals surface area contributed by atoms with Gasteiger partial charge in [-0.25, -0.2) is 9.97 Å². The molecule has 0 aliphatic carbocycles. The molecule has 104 valence electrons. The second kappa shape index (κ2) is 6.47. The molecule has 2 N–H and O–H groups in total. The van der Waals surface area contributed by atoms with Gasteiger partial charge in [-0.3, -0.25) is 4.79 Å². The maximum Gasteiger partial charge on any atom is 0.257 e. The summed E-state index contributed by atoms with van der Waals surface area (Å²) in [5.74, 6) is 0.976. The minimum atomic E-state index is -0.214. The van der Waals surface area contributed by atoms with E-state index in [0.717, 1.165) is 16.7 Å². The largest absolute Gasteiger partial charge is 0.370 e. The van der Waals surface area contributed by atoms with E-state index in [9.17, 15) is 4.79 Å². The average molecular weight is 335 g/mol. The fourth-order valence-electron chi connectivity index (χ4n) is 1.73. The topological polar surface area (TPSA) is 66.9 Å². The van der Waals surface area contributed by atoms with E-state index >= 15 is 0 Å². The van der Waals surface area contributed by atoms with Crippen LogP contribution in [0, 0.1) is 6.92 Å². The number of carbonyl (C=O) groups excluding carboxylic acids is 1. The van der Waals surface area contributed by atoms with Crippen LogP contribution in [0.3, 0.4) is 0 Å². The van der Waals surface area contributed by atoms with Crippen molar-refractivity contribution >= 4 is 33.5 Å². The molecule has 2 aromatic heterocycles. The number of nitrogens with zero attached hydrogens (tertiary/aromatic N) is 2. The number of rotatable bonds is 4. The van der Waals surface area contributed by atoms with Gasteiger partial charge in [0, 0.05) is 24.0 Å². The Bertz CT molecular complexity index is 630. The average Bonchev–Trinajstić information content (AvgIpc) is 2.41. The molecule has 0 aliphatic rings. The Morgan fingerprint density at radius 3 is 2.90 bits per heavy atom. The predicted molar refractivity (Wildman–Crippen MR) is 83.0 cm³/mol. The van der Waals surface area contributed by atoms with Gasteiger partial charge in [0.1, 0.15) is 11.6 Å². The lowest BCUT2D eigenvalue weighted by Crippen LogP contribution is -2.14. The zero-order chi connectivity index (χ0) is 14.5. The number of anilines is 2. The number of aryl methyl sites for hydroxylation is 1. The zero-order valence-electron chi connectivity index (χ0n) is 11.3. The first-order valence-corrected chi connectivity index (χ1v) is 7.04. The van der Waals surface area contributed by atoms with Gasteiger partial charge in [0.25, 0.3) is 5.91 Å². The highest BCUT2D eigenvalue weighted by Gasteiger charge is 2.11. The molecule has 0 saturated heterocycles. The van der Waals surface area contributed by atoms with Crippen molar-refractivity contribution in [1.29, 1.82) is 0 Å². The number of pyridine rings is 2. The van der Waals surface area contributed by atoms with Gasteiger partial charge in [0.15, 0.2) is 0 Å². The molecule has 6 heteroatoms. The third-order valence-electron chi connectivity index (χ3n) is 2.56. The van der Waals surface area contributed by atoms with Gasteiger partial charge in [-0.15, -0.1) is 0 Å². The summed E-state index contributed by atoms with van der Waals surface area (Å²) < 4.78 is 0.742. The highest BCUT2D eigenvalue weighted by Crippen LogP contribution is 2.19. The summed E-state index contributed by atoms with van der Waals surface area (Å²) in [6, 6.07) is 7.08. The first kappa shape index (κ1) is 14.5. The molecule has 20 heavy (non-hydrogen) atoms. The fraction of sp³-hybridized carbons (Fsp3) is 0.214. The molecule has 0 aromatic carbocycles. The molecule has 0 radical (unpaired) electrons. The Labute approximate surface area is 126 Å². The van der Waals surface area contributed by atoms with E-state index in [1.165, 1.54) is 0 Å². The molecule has 5 nitrogen and oxygen atoms in total. The molecule has 0 aliphatic heterocycles. The van der Waals surface area contributed by atoms with Crippen molar-refractivity contribution < 1.29 is 4.79 Å². The van der Waals surface area contributed by atoms with Crippen molar-refractivity contribution in [3.8, 4) is 0 Å². The summed E-state index contributed by atoms with van der Waals surface area (Å²) in [5.41, 5.74) is 1.33. The Balaban J connectivity index is 2.23. The van der Waals surface area contributed by atoms with Crippen LogP contribution < -0.4 is 10.6 Å². The summed E-state index contributed by atoms with van der Waals surface area (Å²) in [7, 11) is 0. The molecular formula is C14H15BrN4O. The van der Waals surface area contributed by atoms with E-state index < -0.39 is 0 Å². The lowest BCUT2D eigenvalue weighted by atomic mass is 10.2. The summed E-state index contributed by atoms with van der Waals surface area (Å²) in [6.45, 7) is 4.59. The summed E-state index contributed by atoms with van der Waals surface area (Å²) in [4.78, 5) is 20.7. The predicted octanol–water partition coefficient (Wildman–Crippen LogP) is 3.23. The normalized spacial score (nSPS) is 10.2. The molecule has 2 heterocycles. The summed E-state index contributed by atoms with van der Waals surface area (Å²) >= 11 is 3.35. The molecule has 0 fully saturated rings. The van der Waals surface area contributed by atoms with E-state index in [2.05, 4.69) is 36.5 Å². The first-order valence-electron chi connectivity index (χ1n) is 6.24. The van der Waals surface area contributed by atoms with Gasteiger partial charge in [-0.2, -0.15) is 0 Å². The molecule has 0 bridgehead atoms. The third kappa shape index (κ3) is 3.54. The van der Waals surface area contributed by atoms with Crippen LogP contribution in [0.4, 0.5) is 11.6 Å². The van der Waals surface area contributed by atoms with Gasteiger partial charge in [0.2, 0.25) is 0 Å². The molecule has 2 aromatic rings. The minimum Gasteiger partial charge on any atom is -0.370 e. The van der Waals surface area contributed by atoms with Gasteiger partial charge in [-0.05, 0) is 54.0 Å². The minimum absolute atomic E-state index is 0.214. The van der Waals surface area contributed by atoms with E-state index in [-0.39, 0.29) is 5.91 Å². The van der Waals surface area contributed by atoms with Gasteiger partial charge >= 0.3 is 0 Å². The maximum absolute atomic E-state index is 12.2. The smallest absolute Gasteiger partial charge is 0.257 e. The maximum atomic E-state index is 12.2. The molecule has 0 spiro atoms. The number of hydrogen-bond acceptors (Lipinski definition) is 4. The quantitative estimate of drug-likeness (QED) is 0.900. The molecule has 0 unspecified atom stereocenters. The molecule has 0 saturated carbocycles. The molecule has 1 amide bonds. The third-order valence-corrected chi connectivity index (χ3v) is 3.20. The van der Waals surface area contributed by atoms with Crippen molar-refractivity contribution in [2.24, 2.45) is 0 Å². The van der Waals surface area contributed by atoms with Crippen LogP contribution in [0.25, 0.3) is 0 Å². The van der Waals surface area contributed by atoms with E-state index in [0.29, 0.717) is 17.2 Å². The Morgan fingerprint density at radius 2 is 2.20 bits per heavy atom. The monoisotopic (exact) mass is 334 g/mol. The van der Waals surface area contributed by atoms with Crippen LogP contribution >= 0.6 is 15.9 Å². The highest BCUT2D eigenvalue weighted by atomic mass is 79.9. The second-order valence-electron chi connectivity index (χ2n) is 4.20. The number of hydrogen-bond donors (Lipinski definition) is 2. The SMILES string of the molecule is CCNc1cc(C(=O)Nc2ncccc2Br)cc(C)n1. The van der Waals surface area contributed by atoms with Crippen LogP contribution in [0.1, 0.15) is 23.0 Å². The number of aromatic nitrogens is 2. The number of halogens is 1. The van der Waals surface area contributed by atoms with Crippen LogP contribution in [0.2, 0.25) is 0 Å². The van der Waals surface area contributed by atoms with Gasteiger partial charge in [0.05, 0.1) is 4.47 Å². The number of amides is 1. The van der Waals surface area contributed by atoms with Crippen molar-refractivity contribution in [3.63, 3.8) is 0 Å². The zero-order valence-corrected chi connectivity index (χ0v) is 12.9. The Hall–Kier alpha value is -1.95. The standard InChI is InChI=1S/C14H15BrN4O/c1-3-16-12-8-10(7-9(2)18-12)14(20)19-13-11(15)5-4-6-17-13/h4-8H,3H2,1-2H3,(H,16,18)(H,17,19,20). The van der Waals surface area contributed by atoms with Crippen molar-refractivity contribution in [1.82, 2.24) is 9.97 Å². The van der Waals surface area contributed by atoms with Gasteiger partial charge < -0.3 is 10.6 Å². The van der Waals surface area contributed by atoms with Crippen LogP contribution in [0.5, 0.6) is 0 Å². The summed E-state index contributed by atoms with van der Waals surface area (Å²) in [6.07, 6.45) is 1.63. The number of nitrogens with one attached hydrogen (secondary N) is 2. The van der Waals surface area contributed by atoms with E-state index in [1.807, 2.05) is 19.9 Å². The first-order chi connectivity index (χ1) is 9.60. The lowest BCUT2D eigenvalue weighted by Gasteiger charge is -2.09. The van der Waals surface area contributed by atoms with E-state index in [4.69, 9.17) is 0 Å². The van der Waals surface area contributed by atoms with Crippen LogP contribution in [-0.4, -0.2) is 22.4 Å². The van der Waals surface area contributed by atoms with Crippen LogP contribution in [0.15, 0.2) is 34.9 Å². The van der Waals surface area contributed by atoms with Crippen molar-refractivity contribution in [2.75, 3.05) is 17.2 Å². The van der Waals surface area contributed by atoms with Crippen molar-refractivity contribution in [2.45, 2.75) is 13.8 Å². The van der Waals surface area contributed by atoms with Crippen molar-refractivity contribution in [3.05, 3.63) is 46.2 Å². The second-order valence-corrected chi connectivity index (χ2v) is 5.06. The number of carbonyl (C=O) groups is 1. The summed E-state index contributed by atoms with van der Waals surface area (Å²) in [5, 5.41) is 5.87. The van der Waals surface area contributed by atoms with E-state index in [1.54, 1.807) is 24.4 Å². The molecule has 0 atom stereocenters. The van der Waals surface area contributed by atoms with Gasteiger partial charge in [-0.1, -0.05) is 0 Å². The molecule has 2 rings (SSSR count).